The molecule has 0 aromatic carbocycles. The van der Waals surface area contributed by atoms with Gasteiger partial charge in [-0.15, -0.1) is 12.8 Å². The first-order valence-electron chi connectivity index (χ1n) is 6.23. The molecule has 1 heterocycles. The van der Waals surface area contributed by atoms with Crippen molar-refractivity contribution in [2.75, 3.05) is 6.54 Å². The molecule has 0 aromatic rings. The lowest BCUT2D eigenvalue weighted by Gasteiger charge is -2.36. The maximum atomic E-state index is 12.0. The van der Waals surface area contributed by atoms with Gasteiger partial charge in [0.25, 0.3) is 0 Å². The van der Waals surface area contributed by atoms with E-state index in [-0.39, 0.29) is 25.0 Å². The summed E-state index contributed by atoms with van der Waals surface area (Å²) in [7, 11) is 0. The number of nitrogens with zero attached hydrogens (tertiary/aromatic N) is 1. The Morgan fingerprint density at radius 1 is 1.41 bits per heavy atom. The average molecular weight is 240 g/mol. The fourth-order valence-corrected chi connectivity index (χ4v) is 2.22. The van der Waals surface area contributed by atoms with Crippen molar-refractivity contribution < 1.29 is 6.22 Å². The van der Waals surface area contributed by atoms with Gasteiger partial charge in [-0.1, -0.05) is 0 Å². The molecule has 1 N–H and O–H groups in total. The van der Waals surface area contributed by atoms with Crippen molar-refractivity contribution in [3.63, 3.8) is 0 Å². The molecule has 0 aliphatic carbocycles. The standard InChI is InChI=1S/C12H24N2O.C2H2.H2/c1-9(2)13-11(15)10-7-6-8-14(10)12(3,4)5;1-2;/h9-10H,6-8H2,1-5H3,(H,13,15);1-2H;1H/t10-;;/m0../s1. The maximum Gasteiger partial charge on any atom is 0.237 e. The predicted octanol–water partition coefficient (Wildman–Crippen LogP) is 2.27. The Labute approximate surface area is 107 Å². The van der Waals surface area contributed by atoms with Crippen LogP contribution in [-0.2, 0) is 4.79 Å². The molecule has 17 heavy (non-hydrogen) atoms. The van der Waals surface area contributed by atoms with Crippen LogP contribution < -0.4 is 5.32 Å². The quantitative estimate of drug-likeness (QED) is 0.751. The Kier molecular flexibility index (Phi) is 6.26. The lowest BCUT2D eigenvalue weighted by molar-refractivity contribution is -0.127. The van der Waals surface area contributed by atoms with Gasteiger partial charge in [-0.2, -0.15) is 0 Å². The zero-order chi connectivity index (χ0) is 13.6. The number of carbonyl (C=O) groups is 1. The Balaban J connectivity index is 0. The van der Waals surface area contributed by atoms with Crippen molar-refractivity contribution in [1.29, 1.82) is 0 Å². The number of rotatable bonds is 2. The van der Waals surface area contributed by atoms with E-state index in [1.165, 1.54) is 0 Å². The molecule has 1 aliphatic heterocycles. The Morgan fingerprint density at radius 3 is 2.35 bits per heavy atom. The summed E-state index contributed by atoms with van der Waals surface area (Å²) >= 11 is 0. The number of terminal acetylenes is 1. The van der Waals surface area contributed by atoms with E-state index in [4.69, 9.17) is 0 Å². The summed E-state index contributed by atoms with van der Waals surface area (Å²) in [6.07, 6.45) is 10.1. The molecule has 0 radical (unpaired) electrons. The highest BCUT2D eigenvalue weighted by atomic mass is 16.2. The monoisotopic (exact) mass is 240 g/mol. The van der Waals surface area contributed by atoms with Crippen LogP contribution in [0.15, 0.2) is 0 Å². The lowest BCUT2D eigenvalue weighted by atomic mass is 10.0. The largest absolute Gasteiger partial charge is 0.353 e. The molecule has 3 nitrogen and oxygen atoms in total. The summed E-state index contributed by atoms with van der Waals surface area (Å²) < 4.78 is 0. The van der Waals surface area contributed by atoms with Crippen LogP contribution in [0.25, 0.3) is 0 Å². The minimum atomic E-state index is 0. The van der Waals surface area contributed by atoms with Gasteiger partial charge < -0.3 is 5.32 Å². The first-order chi connectivity index (χ1) is 7.82. The molecule has 100 valence electrons. The molecule has 0 bridgehead atoms. The molecule has 3 heteroatoms. The number of amides is 1. The van der Waals surface area contributed by atoms with E-state index >= 15 is 0 Å². The fraction of sp³-hybridized carbons (Fsp3) is 0.786. The molecule has 1 fully saturated rings. The molecular formula is C14H28N2O. The van der Waals surface area contributed by atoms with E-state index < -0.39 is 0 Å². The normalized spacial score (nSPS) is 20.8. The minimum absolute atomic E-state index is 0. The Morgan fingerprint density at radius 2 is 1.94 bits per heavy atom. The molecule has 0 aromatic heterocycles. The highest BCUT2D eigenvalue weighted by molar-refractivity contribution is 5.82. The van der Waals surface area contributed by atoms with E-state index in [0.29, 0.717) is 0 Å². The van der Waals surface area contributed by atoms with Crippen LogP contribution in [0.1, 0.15) is 48.9 Å². The van der Waals surface area contributed by atoms with E-state index in [1.54, 1.807) is 0 Å². The zero-order valence-corrected chi connectivity index (χ0v) is 11.8. The predicted molar refractivity (Wildman–Crippen MR) is 74.8 cm³/mol. The topological polar surface area (TPSA) is 32.3 Å². The van der Waals surface area contributed by atoms with Crippen LogP contribution in [0.4, 0.5) is 0 Å². The van der Waals surface area contributed by atoms with E-state index in [2.05, 4.69) is 43.8 Å². The third-order valence-corrected chi connectivity index (χ3v) is 2.85. The summed E-state index contributed by atoms with van der Waals surface area (Å²) in [6.45, 7) is 11.6. The maximum absolute atomic E-state index is 12.0. The Bertz CT molecular complexity index is 269. The number of nitrogens with one attached hydrogen (secondary N) is 1. The molecule has 0 spiro atoms. The second kappa shape index (κ2) is 6.66. The van der Waals surface area contributed by atoms with Gasteiger partial charge in [0.2, 0.25) is 5.91 Å². The van der Waals surface area contributed by atoms with Gasteiger partial charge in [0.15, 0.2) is 0 Å². The third kappa shape index (κ3) is 4.79. The highest BCUT2D eigenvalue weighted by Crippen LogP contribution is 2.26. The SMILES string of the molecule is C#C.CC(C)NC(=O)[C@@H]1CCCN1C(C)(C)C.[HH]. The fourth-order valence-electron chi connectivity index (χ4n) is 2.22. The van der Waals surface area contributed by atoms with Crippen LogP contribution in [-0.4, -0.2) is 35.0 Å². The number of hydrogen-bond donors (Lipinski definition) is 1. The van der Waals surface area contributed by atoms with Gasteiger partial charge >= 0.3 is 0 Å². The van der Waals surface area contributed by atoms with Crippen LogP contribution in [0, 0.1) is 12.8 Å². The number of hydrogen-bond acceptors (Lipinski definition) is 2. The minimum Gasteiger partial charge on any atom is -0.353 e. The summed E-state index contributed by atoms with van der Waals surface area (Å²) in [6, 6.07) is 0.312. The Hall–Kier alpha value is -1.01. The van der Waals surface area contributed by atoms with Gasteiger partial charge in [0, 0.05) is 13.0 Å². The van der Waals surface area contributed by atoms with Crippen LogP contribution >= 0.6 is 0 Å². The van der Waals surface area contributed by atoms with Crippen molar-refractivity contribution in [2.24, 2.45) is 0 Å². The number of carbonyl (C=O) groups excluding carboxylic acids is 1. The van der Waals surface area contributed by atoms with Gasteiger partial charge in [0.05, 0.1) is 6.04 Å². The molecule has 1 rings (SSSR count). The zero-order valence-electron chi connectivity index (χ0n) is 11.8. The van der Waals surface area contributed by atoms with Gasteiger partial charge in [-0.25, -0.2) is 0 Å². The van der Waals surface area contributed by atoms with Gasteiger partial charge in [-0.05, 0) is 54.0 Å². The van der Waals surface area contributed by atoms with Crippen LogP contribution in [0.5, 0.6) is 0 Å². The summed E-state index contributed by atoms with van der Waals surface area (Å²) in [4.78, 5) is 14.3. The van der Waals surface area contributed by atoms with Gasteiger partial charge in [0.1, 0.15) is 0 Å². The first kappa shape index (κ1) is 16.0. The third-order valence-electron chi connectivity index (χ3n) is 2.85. The van der Waals surface area contributed by atoms with Crippen molar-refractivity contribution in [1.82, 2.24) is 10.2 Å². The number of likely N-dealkylation sites (tertiary alicyclic amines) is 1. The lowest BCUT2D eigenvalue weighted by Crippen LogP contribution is -2.52. The van der Waals surface area contributed by atoms with Crippen LogP contribution in [0.3, 0.4) is 0 Å². The second-order valence-electron chi connectivity index (χ2n) is 5.69. The summed E-state index contributed by atoms with van der Waals surface area (Å²) in [5.41, 5.74) is 0.0927. The molecule has 0 saturated carbocycles. The van der Waals surface area contributed by atoms with E-state index in [9.17, 15) is 4.79 Å². The average Bonchev–Trinajstić information content (AvgIpc) is 2.67. The smallest absolute Gasteiger partial charge is 0.237 e. The second-order valence-corrected chi connectivity index (χ2v) is 5.69. The first-order valence-corrected chi connectivity index (χ1v) is 6.23. The molecule has 1 saturated heterocycles. The van der Waals surface area contributed by atoms with Crippen molar-refractivity contribution >= 4 is 5.91 Å². The van der Waals surface area contributed by atoms with Crippen molar-refractivity contribution in [2.45, 2.75) is 65.1 Å². The van der Waals surface area contributed by atoms with Gasteiger partial charge in [-0.3, -0.25) is 9.69 Å². The highest BCUT2D eigenvalue weighted by Gasteiger charge is 2.37. The molecule has 1 atom stereocenters. The summed E-state index contributed by atoms with van der Waals surface area (Å²) in [5, 5.41) is 3.01. The van der Waals surface area contributed by atoms with Crippen molar-refractivity contribution in [3.05, 3.63) is 0 Å². The van der Waals surface area contributed by atoms with Crippen LogP contribution in [0.2, 0.25) is 0 Å². The van der Waals surface area contributed by atoms with E-state index in [0.717, 1.165) is 19.4 Å². The summed E-state index contributed by atoms with van der Waals surface area (Å²) in [5.74, 6) is 0.192. The molecular weight excluding hydrogens is 212 g/mol. The molecule has 1 amide bonds. The molecule has 0 unspecified atom stereocenters. The molecule has 1 aliphatic rings. The van der Waals surface area contributed by atoms with E-state index in [1.807, 2.05) is 13.8 Å². The van der Waals surface area contributed by atoms with Crippen molar-refractivity contribution in [3.8, 4) is 12.8 Å².